The van der Waals surface area contributed by atoms with Crippen LogP contribution in [0, 0.1) is 0 Å². The molecular formula is C14H13N5O. The van der Waals surface area contributed by atoms with Crippen molar-refractivity contribution in [2.24, 2.45) is 0 Å². The van der Waals surface area contributed by atoms with Gasteiger partial charge in [0.25, 0.3) is 5.56 Å². The van der Waals surface area contributed by atoms with Gasteiger partial charge in [-0.25, -0.2) is 4.98 Å². The third-order valence-corrected chi connectivity index (χ3v) is 2.94. The van der Waals surface area contributed by atoms with Crippen molar-refractivity contribution in [3.63, 3.8) is 0 Å². The van der Waals surface area contributed by atoms with Gasteiger partial charge in [0.1, 0.15) is 11.2 Å². The molecule has 1 aromatic carbocycles. The van der Waals surface area contributed by atoms with E-state index in [-0.39, 0.29) is 11.4 Å². The Balaban J connectivity index is 1.92. The van der Waals surface area contributed by atoms with Gasteiger partial charge in [0, 0.05) is 12.7 Å². The van der Waals surface area contributed by atoms with Gasteiger partial charge >= 0.3 is 0 Å². The fourth-order valence-corrected chi connectivity index (χ4v) is 1.97. The molecule has 0 fully saturated rings. The van der Waals surface area contributed by atoms with E-state index in [0.717, 1.165) is 5.56 Å². The summed E-state index contributed by atoms with van der Waals surface area (Å²) >= 11 is 0. The molecule has 20 heavy (non-hydrogen) atoms. The number of fused-ring (bicyclic) bond motifs is 1. The average molecular weight is 267 g/mol. The molecule has 0 amide bonds. The summed E-state index contributed by atoms with van der Waals surface area (Å²) in [6.07, 6.45) is 1.54. The summed E-state index contributed by atoms with van der Waals surface area (Å²) in [6, 6.07) is 11.6. The summed E-state index contributed by atoms with van der Waals surface area (Å²) in [5.41, 5.74) is 7.17. The number of aromatic amines is 1. The third-order valence-electron chi connectivity index (χ3n) is 2.94. The number of pyridine rings is 1. The normalized spacial score (nSPS) is 10.6. The lowest BCUT2D eigenvalue weighted by Crippen LogP contribution is -2.12. The third kappa shape index (κ3) is 2.31. The molecule has 6 heteroatoms. The smallest absolute Gasteiger partial charge is 0.261 e. The van der Waals surface area contributed by atoms with Crippen molar-refractivity contribution in [3.8, 4) is 0 Å². The fraction of sp³-hybridized carbons (Fsp3) is 0.0714. The van der Waals surface area contributed by atoms with Crippen molar-refractivity contribution in [2.75, 3.05) is 11.1 Å². The Bertz CT molecular complexity index is 798. The van der Waals surface area contributed by atoms with Gasteiger partial charge in [-0.05, 0) is 11.6 Å². The summed E-state index contributed by atoms with van der Waals surface area (Å²) in [5, 5.41) is 3.42. The highest BCUT2D eigenvalue weighted by Gasteiger charge is 2.07. The minimum absolute atomic E-state index is 0.174. The van der Waals surface area contributed by atoms with Crippen LogP contribution in [0.3, 0.4) is 0 Å². The zero-order valence-electron chi connectivity index (χ0n) is 10.6. The molecule has 0 aliphatic heterocycles. The minimum Gasteiger partial charge on any atom is -0.383 e. The van der Waals surface area contributed by atoms with Gasteiger partial charge in [-0.1, -0.05) is 30.3 Å². The first-order valence-electron chi connectivity index (χ1n) is 6.17. The van der Waals surface area contributed by atoms with E-state index in [9.17, 15) is 4.79 Å². The van der Waals surface area contributed by atoms with Crippen LogP contribution in [0.2, 0.25) is 0 Å². The van der Waals surface area contributed by atoms with Gasteiger partial charge in [0.05, 0.1) is 5.52 Å². The van der Waals surface area contributed by atoms with Crippen molar-refractivity contribution in [1.29, 1.82) is 0 Å². The lowest BCUT2D eigenvalue weighted by Gasteiger charge is -2.07. The number of hydrogen-bond acceptors (Lipinski definition) is 5. The van der Waals surface area contributed by atoms with Crippen LogP contribution in [0.15, 0.2) is 47.4 Å². The SMILES string of the molecule is Nc1nc(NCc2ccccc2)nc2cc[nH]c(=O)c12. The van der Waals surface area contributed by atoms with Crippen LogP contribution in [0.5, 0.6) is 0 Å². The maximum Gasteiger partial charge on any atom is 0.261 e. The highest BCUT2D eigenvalue weighted by Crippen LogP contribution is 2.15. The lowest BCUT2D eigenvalue weighted by molar-refractivity contribution is 1.07. The Morgan fingerprint density at radius 1 is 1.15 bits per heavy atom. The van der Waals surface area contributed by atoms with Crippen LogP contribution in [0.1, 0.15) is 5.56 Å². The molecule has 0 saturated carbocycles. The van der Waals surface area contributed by atoms with Crippen LogP contribution in [-0.4, -0.2) is 15.0 Å². The first-order valence-corrected chi connectivity index (χ1v) is 6.17. The molecular weight excluding hydrogens is 254 g/mol. The van der Waals surface area contributed by atoms with Crippen molar-refractivity contribution >= 4 is 22.7 Å². The Labute approximate surface area is 114 Å². The van der Waals surface area contributed by atoms with Crippen molar-refractivity contribution in [1.82, 2.24) is 15.0 Å². The zero-order valence-corrected chi connectivity index (χ0v) is 10.6. The van der Waals surface area contributed by atoms with Gasteiger partial charge < -0.3 is 16.0 Å². The predicted octanol–water partition coefficient (Wildman–Crippen LogP) is 1.51. The number of anilines is 2. The van der Waals surface area contributed by atoms with Gasteiger partial charge in [0.2, 0.25) is 5.95 Å². The topological polar surface area (TPSA) is 96.7 Å². The molecule has 0 aliphatic carbocycles. The maximum atomic E-state index is 11.7. The molecule has 0 aliphatic rings. The highest BCUT2D eigenvalue weighted by molar-refractivity contribution is 5.87. The zero-order chi connectivity index (χ0) is 13.9. The van der Waals surface area contributed by atoms with E-state index >= 15 is 0 Å². The number of aromatic nitrogens is 3. The number of nitrogens with zero attached hydrogens (tertiary/aromatic N) is 2. The summed E-state index contributed by atoms with van der Waals surface area (Å²) in [7, 11) is 0. The molecule has 100 valence electrons. The molecule has 6 nitrogen and oxygen atoms in total. The van der Waals surface area contributed by atoms with Crippen LogP contribution in [0.25, 0.3) is 10.9 Å². The van der Waals surface area contributed by atoms with Gasteiger partial charge in [-0.15, -0.1) is 0 Å². The van der Waals surface area contributed by atoms with Crippen molar-refractivity contribution in [2.45, 2.75) is 6.54 Å². The first-order chi connectivity index (χ1) is 9.74. The number of rotatable bonds is 3. The van der Waals surface area contributed by atoms with Crippen LogP contribution >= 0.6 is 0 Å². The number of nitrogens with one attached hydrogen (secondary N) is 2. The standard InChI is InChI=1S/C14H13N5O/c15-12-11-10(6-7-16-13(11)20)18-14(19-12)17-8-9-4-2-1-3-5-9/h1-7H,8H2,(H,16,20)(H3,15,17,18,19). The molecule has 0 bridgehead atoms. The van der Waals surface area contributed by atoms with Gasteiger partial charge in [-0.3, -0.25) is 4.79 Å². The maximum absolute atomic E-state index is 11.7. The molecule has 2 heterocycles. The lowest BCUT2D eigenvalue weighted by atomic mass is 10.2. The number of nitrogens with two attached hydrogens (primary N) is 1. The van der Waals surface area contributed by atoms with E-state index < -0.39 is 0 Å². The average Bonchev–Trinajstić information content (AvgIpc) is 2.46. The molecule has 0 saturated heterocycles. The summed E-state index contributed by atoms with van der Waals surface area (Å²) in [5.74, 6) is 0.580. The minimum atomic E-state index is -0.283. The second kappa shape index (κ2) is 5.00. The Kier molecular flexibility index (Phi) is 3.04. The quantitative estimate of drug-likeness (QED) is 0.668. The molecule has 3 aromatic rings. The van der Waals surface area contributed by atoms with E-state index in [1.165, 1.54) is 6.20 Å². The summed E-state index contributed by atoms with van der Waals surface area (Å²) in [4.78, 5) is 22.6. The van der Waals surface area contributed by atoms with E-state index in [1.807, 2.05) is 30.3 Å². The first kappa shape index (κ1) is 12.2. The predicted molar refractivity (Wildman–Crippen MR) is 78.3 cm³/mol. The Hall–Kier alpha value is -2.89. The number of benzene rings is 1. The molecule has 3 rings (SSSR count). The fourth-order valence-electron chi connectivity index (χ4n) is 1.97. The van der Waals surface area contributed by atoms with Crippen molar-refractivity contribution in [3.05, 3.63) is 58.5 Å². The monoisotopic (exact) mass is 267 g/mol. The summed E-state index contributed by atoms with van der Waals surface area (Å²) < 4.78 is 0. The molecule has 0 radical (unpaired) electrons. The largest absolute Gasteiger partial charge is 0.383 e. The second-order valence-electron chi connectivity index (χ2n) is 4.34. The van der Waals surface area contributed by atoms with E-state index in [1.54, 1.807) is 6.07 Å². The Morgan fingerprint density at radius 2 is 1.95 bits per heavy atom. The number of H-pyrrole nitrogens is 1. The summed E-state index contributed by atoms with van der Waals surface area (Å²) in [6.45, 7) is 0.592. The Morgan fingerprint density at radius 3 is 2.75 bits per heavy atom. The van der Waals surface area contributed by atoms with Crippen molar-refractivity contribution < 1.29 is 0 Å². The molecule has 0 atom stereocenters. The molecule has 2 aromatic heterocycles. The van der Waals surface area contributed by atoms with Gasteiger partial charge in [-0.2, -0.15) is 4.98 Å². The number of nitrogen functional groups attached to an aromatic ring is 1. The van der Waals surface area contributed by atoms with E-state index in [0.29, 0.717) is 23.4 Å². The molecule has 0 spiro atoms. The van der Waals surface area contributed by atoms with Crippen LogP contribution < -0.4 is 16.6 Å². The van der Waals surface area contributed by atoms with E-state index in [4.69, 9.17) is 5.73 Å². The molecule has 0 unspecified atom stereocenters. The highest BCUT2D eigenvalue weighted by atomic mass is 16.1. The van der Waals surface area contributed by atoms with Gasteiger partial charge in [0.15, 0.2) is 0 Å². The van der Waals surface area contributed by atoms with Crippen LogP contribution in [0.4, 0.5) is 11.8 Å². The second-order valence-corrected chi connectivity index (χ2v) is 4.34. The molecule has 4 N–H and O–H groups in total. The van der Waals surface area contributed by atoms with Crippen LogP contribution in [-0.2, 0) is 6.54 Å². The number of hydrogen-bond donors (Lipinski definition) is 3. The van der Waals surface area contributed by atoms with E-state index in [2.05, 4.69) is 20.3 Å².